The maximum Gasteiger partial charge on any atom is 0.171 e. The Hall–Kier alpha value is -1.37. The maximum absolute atomic E-state index is 13.7. The molecule has 3 rings (SSSR count). The molecule has 0 amide bonds. The average molecular weight is 318 g/mol. The number of carbonyl (C=O) groups is 1. The highest BCUT2D eigenvalue weighted by Gasteiger charge is 2.49. The molecule has 0 spiro atoms. The molecule has 2 unspecified atom stereocenters. The van der Waals surface area contributed by atoms with Gasteiger partial charge in [-0.05, 0) is 25.7 Å². The molecular formula is C14H13F3O3S. The molecule has 2 fully saturated rings. The summed E-state index contributed by atoms with van der Waals surface area (Å²) in [5.74, 6) is -5.05. The summed E-state index contributed by atoms with van der Waals surface area (Å²) in [4.78, 5) is 12.3. The molecule has 2 saturated heterocycles. The van der Waals surface area contributed by atoms with Gasteiger partial charge in [0.15, 0.2) is 15.6 Å². The highest BCUT2D eigenvalue weighted by molar-refractivity contribution is 7.93. The first kappa shape index (κ1) is 14.6. The van der Waals surface area contributed by atoms with Gasteiger partial charge in [0.2, 0.25) is 0 Å². The minimum absolute atomic E-state index is 0.0912. The molecule has 0 radical (unpaired) electrons. The van der Waals surface area contributed by atoms with Crippen LogP contribution in [0.15, 0.2) is 12.1 Å². The average Bonchev–Trinajstić information content (AvgIpc) is 2.57. The second kappa shape index (κ2) is 4.83. The topological polar surface area (TPSA) is 51.2 Å². The van der Waals surface area contributed by atoms with Crippen LogP contribution >= 0.6 is 0 Å². The maximum atomic E-state index is 13.7. The molecule has 21 heavy (non-hydrogen) atoms. The monoisotopic (exact) mass is 318 g/mol. The van der Waals surface area contributed by atoms with E-state index in [4.69, 9.17) is 0 Å². The Balaban J connectivity index is 1.92. The van der Waals surface area contributed by atoms with E-state index in [-0.39, 0.29) is 12.8 Å². The van der Waals surface area contributed by atoms with Crippen molar-refractivity contribution in [1.82, 2.24) is 0 Å². The number of fused-ring (bicyclic) bond motifs is 2. The normalized spacial score (nSPS) is 30.3. The van der Waals surface area contributed by atoms with Crippen molar-refractivity contribution < 1.29 is 26.4 Å². The van der Waals surface area contributed by atoms with E-state index in [1.54, 1.807) is 0 Å². The van der Waals surface area contributed by atoms with Gasteiger partial charge in [0, 0.05) is 18.1 Å². The van der Waals surface area contributed by atoms with Crippen LogP contribution in [0.3, 0.4) is 0 Å². The lowest BCUT2D eigenvalue weighted by Gasteiger charge is -2.27. The van der Waals surface area contributed by atoms with E-state index < -0.39 is 55.1 Å². The fourth-order valence-electron chi connectivity index (χ4n) is 3.40. The smallest absolute Gasteiger partial charge is 0.171 e. The molecule has 114 valence electrons. The number of hydrogen-bond acceptors (Lipinski definition) is 3. The second-order valence-electron chi connectivity index (χ2n) is 5.69. The Kier molecular flexibility index (Phi) is 3.35. The van der Waals surface area contributed by atoms with E-state index in [0.29, 0.717) is 25.0 Å². The summed E-state index contributed by atoms with van der Waals surface area (Å²) in [6.45, 7) is 0. The SMILES string of the molecule is O=C(c1c(F)cc(F)cc1F)C1CC2CCC(C1)S2(=O)=O. The lowest BCUT2D eigenvalue weighted by atomic mass is 9.90. The minimum Gasteiger partial charge on any atom is -0.294 e. The number of ketones is 1. The molecule has 0 saturated carbocycles. The van der Waals surface area contributed by atoms with Crippen LogP contribution < -0.4 is 0 Å². The Morgan fingerprint density at radius 2 is 1.48 bits per heavy atom. The summed E-state index contributed by atoms with van der Waals surface area (Å²) in [5, 5.41) is -1.20. The van der Waals surface area contributed by atoms with Gasteiger partial charge in [-0.3, -0.25) is 4.79 Å². The molecule has 7 heteroatoms. The van der Waals surface area contributed by atoms with Crippen LogP contribution in [0.25, 0.3) is 0 Å². The Labute approximate surface area is 120 Å². The molecule has 2 heterocycles. The van der Waals surface area contributed by atoms with Gasteiger partial charge >= 0.3 is 0 Å². The highest BCUT2D eigenvalue weighted by atomic mass is 32.2. The van der Waals surface area contributed by atoms with Gasteiger partial charge in [0.1, 0.15) is 17.5 Å². The zero-order valence-corrected chi connectivity index (χ0v) is 11.8. The lowest BCUT2D eigenvalue weighted by Crippen LogP contribution is -2.36. The van der Waals surface area contributed by atoms with Crippen LogP contribution in [0.5, 0.6) is 0 Å². The quantitative estimate of drug-likeness (QED) is 0.788. The molecule has 2 aliphatic heterocycles. The van der Waals surface area contributed by atoms with E-state index in [2.05, 4.69) is 0 Å². The van der Waals surface area contributed by atoms with Crippen molar-refractivity contribution in [2.24, 2.45) is 5.92 Å². The van der Waals surface area contributed by atoms with Crippen molar-refractivity contribution in [1.29, 1.82) is 0 Å². The first-order valence-corrected chi connectivity index (χ1v) is 8.33. The number of rotatable bonds is 2. The third-order valence-corrected chi connectivity index (χ3v) is 7.17. The molecule has 2 aliphatic rings. The van der Waals surface area contributed by atoms with E-state index in [1.165, 1.54) is 0 Å². The van der Waals surface area contributed by atoms with Crippen molar-refractivity contribution in [2.75, 3.05) is 0 Å². The van der Waals surface area contributed by atoms with Crippen molar-refractivity contribution in [2.45, 2.75) is 36.2 Å². The number of carbonyl (C=O) groups excluding carboxylic acids is 1. The van der Waals surface area contributed by atoms with Crippen LogP contribution in [-0.4, -0.2) is 24.7 Å². The third-order valence-electron chi connectivity index (χ3n) is 4.46. The zero-order valence-electron chi connectivity index (χ0n) is 11.0. The van der Waals surface area contributed by atoms with Gasteiger partial charge < -0.3 is 0 Å². The Morgan fingerprint density at radius 3 is 1.95 bits per heavy atom. The summed E-state index contributed by atoms with van der Waals surface area (Å²) in [7, 11) is -3.20. The Morgan fingerprint density at radius 1 is 1.00 bits per heavy atom. The second-order valence-corrected chi connectivity index (χ2v) is 8.20. The van der Waals surface area contributed by atoms with E-state index >= 15 is 0 Å². The summed E-state index contributed by atoms with van der Waals surface area (Å²) < 4.78 is 64.1. The van der Waals surface area contributed by atoms with Gasteiger partial charge in [-0.25, -0.2) is 21.6 Å². The molecule has 2 bridgehead atoms. The predicted molar refractivity (Wildman–Crippen MR) is 69.1 cm³/mol. The van der Waals surface area contributed by atoms with Crippen molar-refractivity contribution in [3.63, 3.8) is 0 Å². The fraction of sp³-hybridized carbons (Fsp3) is 0.500. The van der Waals surface area contributed by atoms with E-state index in [9.17, 15) is 26.4 Å². The van der Waals surface area contributed by atoms with Gasteiger partial charge in [-0.1, -0.05) is 0 Å². The lowest BCUT2D eigenvalue weighted by molar-refractivity contribution is 0.0896. The summed E-state index contributed by atoms with van der Waals surface area (Å²) >= 11 is 0. The standard InChI is InChI=1S/C14H13F3O3S/c15-8-5-11(16)13(12(17)6-8)14(18)7-3-9-1-2-10(4-7)21(9,19)20/h5-7,9-10H,1-4H2. The number of Topliss-reactive ketones (excluding diaryl/α,β-unsaturated/α-hetero) is 1. The molecule has 0 N–H and O–H groups in total. The molecule has 1 aromatic carbocycles. The number of sulfone groups is 1. The summed E-state index contributed by atoms with van der Waals surface area (Å²) in [5.41, 5.74) is -0.764. The molecule has 0 aliphatic carbocycles. The molecule has 1 aromatic rings. The fourth-order valence-corrected chi connectivity index (χ4v) is 5.88. The van der Waals surface area contributed by atoms with Crippen LogP contribution in [0, 0.1) is 23.4 Å². The Bertz CT molecular complexity index is 671. The van der Waals surface area contributed by atoms with Gasteiger partial charge in [-0.15, -0.1) is 0 Å². The largest absolute Gasteiger partial charge is 0.294 e. The minimum atomic E-state index is -3.20. The van der Waals surface area contributed by atoms with Crippen LogP contribution in [-0.2, 0) is 9.84 Å². The zero-order chi connectivity index (χ0) is 15.4. The molecule has 2 atom stereocenters. The first-order chi connectivity index (χ1) is 9.80. The number of halogens is 3. The van der Waals surface area contributed by atoms with Gasteiger partial charge in [0.25, 0.3) is 0 Å². The van der Waals surface area contributed by atoms with Crippen molar-refractivity contribution in [3.05, 3.63) is 35.1 Å². The summed E-state index contributed by atoms with van der Waals surface area (Å²) in [6, 6.07) is 0.926. The first-order valence-electron chi connectivity index (χ1n) is 6.72. The van der Waals surface area contributed by atoms with Crippen LogP contribution in [0.1, 0.15) is 36.0 Å². The summed E-state index contributed by atoms with van der Waals surface area (Å²) in [6.07, 6.45) is 1.16. The van der Waals surface area contributed by atoms with E-state index in [0.717, 1.165) is 0 Å². The third kappa shape index (κ3) is 2.27. The van der Waals surface area contributed by atoms with Crippen molar-refractivity contribution in [3.8, 4) is 0 Å². The molecule has 0 aromatic heterocycles. The van der Waals surface area contributed by atoms with Crippen LogP contribution in [0.2, 0.25) is 0 Å². The predicted octanol–water partition coefficient (Wildman–Crippen LogP) is 2.64. The van der Waals surface area contributed by atoms with Gasteiger partial charge in [-0.2, -0.15) is 0 Å². The number of hydrogen-bond donors (Lipinski definition) is 0. The van der Waals surface area contributed by atoms with Crippen molar-refractivity contribution >= 4 is 15.6 Å². The van der Waals surface area contributed by atoms with Gasteiger partial charge in [0.05, 0.1) is 16.1 Å². The molecular weight excluding hydrogens is 305 g/mol. The number of benzene rings is 1. The molecule has 3 nitrogen and oxygen atoms in total. The van der Waals surface area contributed by atoms with E-state index in [1.807, 2.05) is 0 Å². The highest BCUT2D eigenvalue weighted by Crippen LogP contribution is 2.42. The van der Waals surface area contributed by atoms with Crippen LogP contribution in [0.4, 0.5) is 13.2 Å².